The lowest BCUT2D eigenvalue weighted by atomic mass is 9.92. The van der Waals surface area contributed by atoms with Crippen LogP contribution in [-0.2, 0) is 4.79 Å². The number of para-hydroxylation sites is 1. The number of rotatable bonds is 6. The molecule has 0 unspecified atom stereocenters. The van der Waals surface area contributed by atoms with Gasteiger partial charge in [0.15, 0.2) is 0 Å². The van der Waals surface area contributed by atoms with Crippen LogP contribution in [0.15, 0.2) is 29.2 Å². The van der Waals surface area contributed by atoms with E-state index in [1.807, 2.05) is 24.3 Å². The summed E-state index contributed by atoms with van der Waals surface area (Å²) in [4.78, 5) is 11.9. The number of carbonyl (C=O) groups is 1. The van der Waals surface area contributed by atoms with Gasteiger partial charge in [0, 0.05) is 17.1 Å². The molecule has 1 aromatic carbocycles. The highest BCUT2D eigenvalue weighted by Crippen LogP contribution is 2.27. The first kappa shape index (κ1) is 14.9. The van der Waals surface area contributed by atoms with E-state index in [4.69, 9.17) is 5.73 Å². The zero-order chi connectivity index (χ0) is 13.6. The molecule has 0 aromatic heterocycles. The first-order valence-corrected chi connectivity index (χ1v) is 7.11. The monoisotopic (exact) mass is 266 g/mol. The van der Waals surface area contributed by atoms with E-state index in [1.54, 1.807) is 0 Å². The number of amides is 1. The first-order valence-electron chi connectivity index (χ1n) is 6.12. The molecule has 3 N–H and O–H groups in total. The Morgan fingerprint density at radius 3 is 2.61 bits per heavy atom. The standard InChI is InChI=1S/C14H22N2OS/c1-14(2,3)8-9-16-11-6-4-5-7-12(11)18-10-13(15)17/h4-7,16H,8-10H2,1-3H3,(H2,15,17). The number of carbonyl (C=O) groups excluding carboxylic acids is 1. The van der Waals surface area contributed by atoms with Crippen molar-refractivity contribution in [1.29, 1.82) is 0 Å². The van der Waals surface area contributed by atoms with Gasteiger partial charge in [-0.3, -0.25) is 4.79 Å². The third-order valence-corrected chi connectivity index (χ3v) is 3.54. The number of nitrogens with one attached hydrogen (secondary N) is 1. The Bertz CT molecular complexity index is 399. The third-order valence-electron chi connectivity index (χ3n) is 2.45. The summed E-state index contributed by atoms with van der Waals surface area (Å²) in [7, 11) is 0. The van der Waals surface area contributed by atoms with Crippen molar-refractivity contribution in [2.75, 3.05) is 17.6 Å². The molecule has 0 spiro atoms. The highest BCUT2D eigenvalue weighted by atomic mass is 32.2. The van der Waals surface area contributed by atoms with Gasteiger partial charge in [0.25, 0.3) is 0 Å². The maximum Gasteiger partial charge on any atom is 0.227 e. The molecule has 0 saturated carbocycles. The Balaban J connectivity index is 2.56. The van der Waals surface area contributed by atoms with Crippen molar-refractivity contribution in [2.45, 2.75) is 32.1 Å². The smallest absolute Gasteiger partial charge is 0.227 e. The second-order valence-corrected chi connectivity index (χ2v) is 6.51. The number of benzene rings is 1. The molecule has 0 heterocycles. The molecule has 3 nitrogen and oxygen atoms in total. The van der Waals surface area contributed by atoms with Gasteiger partial charge in [0.2, 0.25) is 5.91 Å². The van der Waals surface area contributed by atoms with Gasteiger partial charge in [-0.1, -0.05) is 32.9 Å². The van der Waals surface area contributed by atoms with Crippen molar-refractivity contribution in [2.24, 2.45) is 11.1 Å². The summed E-state index contributed by atoms with van der Waals surface area (Å²) in [6, 6.07) is 8.00. The second kappa shape index (κ2) is 6.69. The average molecular weight is 266 g/mol. The summed E-state index contributed by atoms with van der Waals surface area (Å²) in [5, 5.41) is 3.42. The molecule has 0 aliphatic rings. The molecule has 0 radical (unpaired) electrons. The van der Waals surface area contributed by atoms with Crippen LogP contribution in [0.1, 0.15) is 27.2 Å². The predicted octanol–water partition coefficient (Wildman–Crippen LogP) is 3.11. The number of hydrogen-bond acceptors (Lipinski definition) is 3. The Hall–Kier alpha value is -1.16. The van der Waals surface area contributed by atoms with Crippen LogP contribution in [0.25, 0.3) is 0 Å². The van der Waals surface area contributed by atoms with Gasteiger partial charge in [-0.2, -0.15) is 0 Å². The molecule has 1 amide bonds. The van der Waals surface area contributed by atoms with Crippen molar-refractivity contribution in [1.82, 2.24) is 0 Å². The van der Waals surface area contributed by atoms with Gasteiger partial charge in [-0.25, -0.2) is 0 Å². The molecule has 0 fully saturated rings. The number of thioether (sulfide) groups is 1. The van der Waals surface area contributed by atoms with E-state index in [9.17, 15) is 4.79 Å². The van der Waals surface area contributed by atoms with Crippen LogP contribution in [0.5, 0.6) is 0 Å². The topological polar surface area (TPSA) is 55.1 Å². The Morgan fingerprint density at radius 2 is 2.00 bits per heavy atom. The molecule has 0 aliphatic heterocycles. The zero-order valence-electron chi connectivity index (χ0n) is 11.3. The van der Waals surface area contributed by atoms with Crippen molar-refractivity contribution in [3.63, 3.8) is 0 Å². The van der Waals surface area contributed by atoms with E-state index < -0.39 is 0 Å². The molecule has 100 valence electrons. The molecule has 0 saturated heterocycles. The van der Waals surface area contributed by atoms with Gasteiger partial charge in [0.05, 0.1) is 5.75 Å². The number of nitrogens with two attached hydrogens (primary N) is 1. The Kier molecular flexibility index (Phi) is 5.54. The first-order chi connectivity index (χ1) is 8.38. The van der Waals surface area contributed by atoms with Crippen LogP contribution in [0.4, 0.5) is 5.69 Å². The quantitative estimate of drug-likeness (QED) is 0.778. The molecule has 0 bridgehead atoms. The van der Waals surface area contributed by atoms with Gasteiger partial charge >= 0.3 is 0 Å². The van der Waals surface area contributed by atoms with Crippen molar-refractivity contribution >= 4 is 23.4 Å². The van der Waals surface area contributed by atoms with E-state index in [0.29, 0.717) is 11.2 Å². The summed E-state index contributed by atoms with van der Waals surface area (Å²) < 4.78 is 0. The van der Waals surface area contributed by atoms with E-state index in [2.05, 4.69) is 26.1 Å². The minimum atomic E-state index is -0.288. The fraction of sp³-hybridized carbons (Fsp3) is 0.500. The van der Waals surface area contributed by atoms with E-state index in [0.717, 1.165) is 23.5 Å². The Labute approximate surface area is 114 Å². The molecular weight excluding hydrogens is 244 g/mol. The number of anilines is 1. The lowest BCUT2D eigenvalue weighted by Gasteiger charge is -2.19. The average Bonchev–Trinajstić information content (AvgIpc) is 2.26. The van der Waals surface area contributed by atoms with Gasteiger partial charge < -0.3 is 11.1 Å². The number of hydrogen-bond donors (Lipinski definition) is 2. The van der Waals surface area contributed by atoms with Crippen molar-refractivity contribution < 1.29 is 4.79 Å². The van der Waals surface area contributed by atoms with Crippen LogP contribution in [0.2, 0.25) is 0 Å². The summed E-state index contributed by atoms with van der Waals surface area (Å²) in [5.74, 6) is 0.0299. The van der Waals surface area contributed by atoms with Crippen molar-refractivity contribution in [3.05, 3.63) is 24.3 Å². The molecule has 0 aliphatic carbocycles. The fourth-order valence-electron chi connectivity index (χ4n) is 1.46. The van der Waals surface area contributed by atoms with E-state index in [-0.39, 0.29) is 5.91 Å². The minimum Gasteiger partial charge on any atom is -0.384 e. The van der Waals surface area contributed by atoms with E-state index in [1.165, 1.54) is 11.8 Å². The largest absolute Gasteiger partial charge is 0.384 e. The summed E-state index contributed by atoms with van der Waals surface area (Å²) in [6.07, 6.45) is 1.10. The van der Waals surface area contributed by atoms with Crippen LogP contribution in [0.3, 0.4) is 0 Å². The lowest BCUT2D eigenvalue weighted by molar-refractivity contribution is -0.115. The molecule has 1 aromatic rings. The van der Waals surface area contributed by atoms with Crippen LogP contribution < -0.4 is 11.1 Å². The van der Waals surface area contributed by atoms with Crippen LogP contribution in [-0.4, -0.2) is 18.2 Å². The van der Waals surface area contributed by atoms with Gasteiger partial charge in [-0.05, 0) is 24.0 Å². The van der Waals surface area contributed by atoms with Crippen molar-refractivity contribution in [3.8, 4) is 0 Å². The molecule has 4 heteroatoms. The van der Waals surface area contributed by atoms with E-state index >= 15 is 0 Å². The summed E-state index contributed by atoms with van der Waals surface area (Å²) in [6.45, 7) is 7.60. The summed E-state index contributed by atoms with van der Waals surface area (Å²) >= 11 is 1.48. The minimum absolute atomic E-state index is 0.288. The zero-order valence-corrected chi connectivity index (χ0v) is 12.1. The Morgan fingerprint density at radius 1 is 1.33 bits per heavy atom. The number of primary amides is 1. The maximum atomic E-state index is 10.8. The highest BCUT2D eigenvalue weighted by Gasteiger charge is 2.10. The molecule has 1 rings (SSSR count). The lowest BCUT2D eigenvalue weighted by Crippen LogP contribution is -2.14. The SMILES string of the molecule is CC(C)(C)CCNc1ccccc1SCC(N)=O. The normalized spacial score (nSPS) is 11.3. The molecule has 18 heavy (non-hydrogen) atoms. The fourth-order valence-corrected chi connectivity index (χ4v) is 2.23. The van der Waals surface area contributed by atoms with Crippen LogP contribution >= 0.6 is 11.8 Å². The second-order valence-electron chi connectivity index (χ2n) is 5.49. The third kappa shape index (κ3) is 5.96. The summed E-state index contributed by atoms with van der Waals surface area (Å²) in [5.41, 5.74) is 6.57. The molecule has 0 atom stereocenters. The predicted molar refractivity (Wildman–Crippen MR) is 78.9 cm³/mol. The van der Waals surface area contributed by atoms with Gasteiger partial charge in [0.1, 0.15) is 0 Å². The maximum absolute atomic E-state index is 10.8. The van der Waals surface area contributed by atoms with Gasteiger partial charge in [-0.15, -0.1) is 11.8 Å². The molecular formula is C14H22N2OS. The van der Waals surface area contributed by atoms with Crippen LogP contribution in [0, 0.1) is 5.41 Å². The highest BCUT2D eigenvalue weighted by molar-refractivity contribution is 8.00.